The summed E-state index contributed by atoms with van der Waals surface area (Å²) < 4.78 is 5.66. The normalized spacial score (nSPS) is 20.2. The first-order valence-corrected chi connectivity index (χ1v) is 7.78. The van der Waals surface area contributed by atoms with Crippen molar-refractivity contribution in [1.29, 1.82) is 0 Å². The molecule has 0 spiro atoms. The third kappa shape index (κ3) is 4.64. The number of rotatable bonds is 4. The molecule has 3 nitrogen and oxygen atoms in total. The lowest BCUT2D eigenvalue weighted by atomic mass is 9.84. The van der Waals surface area contributed by atoms with Crippen LogP contribution in [-0.2, 0) is 13.1 Å². The summed E-state index contributed by atoms with van der Waals surface area (Å²) in [5.41, 5.74) is 1.91. The highest BCUT2D eigenvalue weighted by atomic mass is 16.3. The highest BCUT2D eigenvalue weighted by Crippen LogP contribution is 2.29. The molecule has 0 atom stereocenters. The van der Waals surface area contributed by atoms with Crippen molar-refractivity contribution >= 4 is 0 Å². The minimum Gasteiger partial charge on any atom is -0.468 e. The Balaban J connectivity index is 1.95. The van der Waals surface area contributed by atoms with Crippen LogP contribution in [0.5, 0.6) is 0 Å². The molecule has 0 bridgehead atoms. The Kier molecular flexibility index (Phi) is 4.60. The average Bonchev–Trinajstić information content (AvgIpc) is 2.71. The Bertz CT molecular complexity index is 428. The zero-order valence-electron chi connectivity index (χ0n) is 13.8. The average molecular weight is 278 g/mol. The lowest BCUT2D eigenvalue weighted by Crippen LogP contribution is -2.39. The van der Waals surface area contributed by atoms with Gasteiger partial charge in [-0.3, -0.25) is 4.90 Å². The van der Waals surface area contributed by atoms with Crippen molar-refractivity contribution in [2.24, 2.45) is 5.41 Å². The molecule has 1 saturated heterocycles. The number of hydrogen-bond acceptors (Lipinski definition) is 3. The van der Waals surface area contributed by atoms with Crippen molar-refractivity contribution < 1.29 is 4.42 Å². The van der Waals surface area contributed by atoms with Crippen molar-refractivity contribution in [1.82, 2.24) is 10.2 Å². The Morgan fingerprint density at radius 2 is 2.10 bits per heavy atom. The molecule has 0 unspecified atom stereocenters. The number of likely N-dealkylation sites (tertiary alicyclic amines) is 1. The van der Waals surface area contributed by atoms with Gasteiger partial charge in [0.2, 0.25) is 0 Å². The van der Waals surface area contributed by atoms with Crippen LogP contribution >= 0.6 is 0 Å². The molecule has 1 aromatic heterocycles. The van der Waals surface area contributed by atoms with Gasteiger partial charge in [0.25, 0.3) is 0 Å². The molecule has 1 N–H and O–H groups in total. The van der Waals surface area contributed by atoms with Gasteiger partial charge in [0.05, 0.1) is 12.8 Å². The first-order valence-electron chi connectivity index (χ1n) is 7.78. The molecule has 1 aliphatic heterocycles. The first-order chi connectivity index (χ1) is 9.25. The van der Waals surface area contributed by atoms with Gasteiger partial charge >= 0.3 is 0 Å². The van der Waals surface area contributed by atoms with E-state index < -0.39 is 0 Å². The molecule has 114 valence electrons. The Labute approximate surface area is 123 Å². The molecule has 1 aromatic rings. The fourth-order valence-electron chi connectivity index (χ4n) is 2.93. The van der Waals surface area contributed by atoms with E-state index in [1.165, 1.54) is 31.5 Å². The summed E-state index contributed by atoms with van der Waals surface area (Å²) in [6.45, 7) is 15.5. The van der Waals surface area contributed by atoms with Gasteiger partial charge in [-0.2, -0.15) is 0 Å². The number of piperidine rings is 1. The van der Waals surface area contributed by atoms with E-state index in [1.807, 2.05) is 6.26 Å². The molecule has 2 rings (SSSR count). The minimum atomic E-state index is 0.122. The van der Waals surface area contributed by atoms with Crippen LogP contribution in [0.2, 0.25) is 0 Å². The second kappa shape index (κ2) is 5.90. The van der Waals surface area contributed by atoms with Crippen LogP contribution in [0.4, 0.5) is 0 Å². The second-order valence-corrected chi connectivity index (χ2v) is 7.95. The van der Waals surface area contributed by atoms with Gasteiger partial charge in [-0.1, -0.05) is 13.8 Å². The smallest absolute Gasteiger partial charge is 0.122 e. The third-order valence-corrected chi connectivity index (χ3v) is 3.99. The van der Waals surface area contributed by atoms with Crippen molar-refractivity contribution in [2.75, 3.05) is 13.1 Å². The zero-order valence-corrected chi connectivity index (χ0v) is 13.8. The Morgan fingerprint density at radius 3 is 2.75 bits per heavy atom. The molecular weight excluding hydrogens is 248 g/mol. The van der Waals surface area contributed by atoms with Crippen LogP contribution in [0.15, 0.2) is 16.7 Å². The van der Waals surface area contributed by atoms with Gasteiger partial charge in [-0.15, -0.1) is 0 Å². The zero-order chi connectivity index (χ0) is 14.8. The van der Waals surface area contributed by atoms with Gasteiger partial charge in [0.15, 0.2) is 0 Å². The Hall–Kier alpha value is -0.800. The molecule has 3 heteroatoms. The van der Waals surface area contributed by atoms with Gasteiger partial charge in [0, 0.05) is 24.2 Å². The van der Waals surface area contributed by atoms with Crippen LogP contribution < -0.4 is 5.32 Å². The summed E-state index contributed by atoms with van der Waals surface area (Å²) >= 11 is 0. The maximum atomic E-state index is 5.66. The van der Waals surface area contributed by atoms with Crippen molar-refractivity contribution in [3.63, 3.8) is 0 Å². The van der Waals surface area contributed by atoms with E-state index in [1.54, 1.807) is 0 Å². The Morgan fingerprint density at radius 1 is 1.35 bits per heavy atom. The largest absolute Gasteiger partial charge is 0.468 e. The van der Waals surface area contributed by atoms with E-state index >= 15 is 0 Å². The van der Waals surface area contributed by atoms with Crippen LogP contribution in [0.1, 0.15) is 58.8 Å². The van der Waals surface area contributed by atoms with Gasteiger partial charge < -0.3 is 9.73 Å². The van der Waals surface area contributed by atoms with E-state index in [0.29, 0.717) is 5.41 Å². The second-order valence-electron chi connectivity index (χ2n) is 7.95. The fourth-order valence-corrected chi connectivity index (χ4v) is 2.93. The molecule has 0 aliphatic carbocycles. The summed E-state index contributed by atoms with van der Waals surface area (Å²) in [5, 5.41) is 3.51. The summed E-state index contributed by atoms with van der Waals surface area (Å²) in [6, 6.07) is 2.13. The molecule has 0 amide bonds. The van der Waals surface area contributed by atoms with Crippen molar-refractivity contribution in [2.45, 2.75) is 66.1 Å². The van der Waals surface area contributed by atoms with E-state index in [2.05, 4.69) is 50.9 Å². The number of nitrogens with zero attached hydrogens (tertiary/aromatic N) is 1. The summed E-state index contributed by atoms with van der Waals surface area (Å²) in [5.74, 6) is 1.09. The molecule has 1 aliphatic rings. The minimum absolute atomic E-state index is 0.122. The summed E-state index contributed by atoms with van der Waals surface area (Å²) in [7, 11) is 0. The van der Waals surface area contributed by atoms with E-state index in [4.69, 9.17) is 4.42 Å². The van der Waals surface area contributed by atoms with Crippen molar-refractivity contribution in [3.05, 3.63) is 23.7 Å². The summed E-state index contributed by atoms with van der Waals surface area (Å²) in [4.78, 5) is 2.56. The van der Waals surface area contributed by atoms with Crippen LogP contribution in [-0.4, -0.2) is 23.5 Å². The van der Waals surface area contributed by atoms with E-state index in [-0.39, 0.29) is 5.54 Å². The monoisotopic (exact) mass is 278 g/mol. The van der Waals surface area contributed by atoms with Gasteiger partial charge in [0.1, 0.15) is 5.76 Å². The fraction of sp³-hybridized carbons (Fsp3) is 0.765. The van der Waals surface area contributed by atoms with E-state index in [0.717, 1.165) is 18.8 Å². The molecule has 20 heavy (non-hydrogen) atoms. The lowest BCUT2D eigenvalue weighted by molar-refractivity contribution is 0.111. The predicted octanol–water partition coefficient (Wildman–Crippen LogP) is 3.79. The highest BCUT2D eigenvalue weighted by molar-refractivity contribution is 5.17. The predicted molar refractivity (Wildman–Crippen MR) is 83.6 cm³/mol. The SMILES string of the molecule is CC1(C)CCCN(Cc2ccoc2CNC(C)(C)C)C1. The number of furan rings is 1. The van der Waals surface area contributed by atoms with Crippen LogP contribution in [0.3, 0.4) is 0 Å². The molecule has 0 saturated carbocycles. The maximum absolute atomic E-state index is 5.66. The molecule has 1 fully saturated rings. The molecule has 0 aromatic carbocycles. The summed E-state index contributed by atoms with van der Waals surface area (Å²) in [6.07, 6.45) is 4.47. The maximum Gasteiger partial charge on any atom is 0.122 e. The van der Waals surface area contributed by atoms with Crippen LogP contribution in [0, 0.1) is 5.41 Å². The quantitative estimate of drug-likeness (QED) is 0.908. The lowest BCUT2D eigenvalue weighted by Gasteiger charge is -2.38. The van der Waals surface area contributed by atoms with Crippen LogP contribution in [0.25, 0.3) is 0 Å². The van der Waals surface area contributed by atoms with Gasteiger partial charge in [-0.05, 0) is 51.6 Å². The standard InChI is InChI=1S/C17H30N2O/c1-16(2,3)18-11-15-14(7-10-20-15)12-19-9-6-8-17(4,5)13-19/h7,10,18H,6,8-9,11-13H2,1-5H3. The first kappa shape index (κ1) is 15.6. The highest BCUT2D eigenvalue weighted by Gasteiger charge is 2.27. The number of nitrogens with one attached hydrogen (secondary N) is 1. The number of hydrogen-bond donors (Lipinski definition) is 1. The molecule has 2 heterocycles. The van der Waals surface area contributed by atoms with E-state index in [9.17, 15) is 0 Å². The van der Waals surface area contributed by atoms with Gasteiger partial charge in [-0.25, -0.2) is 0 Å². The topological polar surface area (TPSA) is 28.4 Å². The molecular formula is C17H30N2O. The van der Waals surface area contributed by atoms with Crippen molar-refractivity contribution in [3.8, 4) is 0 Å². The molecule has 0 radical (unpaired) electrons. The third-order valence-electron chi connectivity index (χ3n) is 3.99.